The van der Waals surface area contributed by atoms with Crippen molar-refractivity contribution in [2.45, 2.75) is 26.3 Å². The second kappa shape index (κ2) is 6.27. The Morgan fingerprint density at radius 2 is 2.10 bits per heavy atom. The third-order valence-corrected chi connectivity index (χ3v) is 3.81. The molecule has 0 unspecified atom stereocenters. The summed E-state index contributed by atoms with van der Waals surface area (Å²) in [6.07, 6.45) is 2.02. The Hall–Kier alpha value is -1.87. The molecule has 3 heteroatoms. The molecule has 2 aromatic carbocycles. The number of benzene rings is 2. The molecule has 0 atom stereocenters. The predicted octanol–water partition coefficient (Wildman–Crippen LogP) is 3.93. The average molecular weight is 285 g/mol. The fourth-order valence-corrected chi connectivity index (χ4v) is 2.74. The van der Waals surface area contributed by atoms with Crippen molar-refractivity contribution in [1.82, 2.24) is 5.32 Å². The molecule has 0 saturated carbocycles. The Morgan fingerprint density at radius 1 is 1.19 bits per heavy atom. The molecule has 0 amide bonds. The van der Waals surface area contributed by atoms with E-state index in [9.17, 15) is 4.39 Å². The summed E-state index contributed by atoms with van der Waals surface area (Å²) in [4.78, 5) is 0. The van der Waals surface area contributed by atoms with E-state index < -0.39 is 0 Å². The van der Waals surface area contributed by atoms with E-state index in [1.165, 1.54) is 11.6 Å². The fraction of sp³-hybridized carbons (Fsp3) is 0.333. The number of rotatable bonds is 5. The third kappa shape index (κ3) is 3.08. The van der Waals surface area contributed by atoms with Crippen LogP contribution in [0.25, 0.3) is 11.1 Å². The van der Waals surface area contributed by atoms with Crippen LogP contribution in [-0.2, 0) is 13.0 Å². The van der Waals surface area contributed by atoms with Gasteiger partial charge in [-0.05, 0) is 59.5 Å². The topological polar surface area (TPSA) is 21.3 Å². The zero-order valence-corrected chi connectivity index (χ0v) is 12.3. The van der Waals surface area contributed by atoms with Crippen LogP contribution < -0.4 is 10.1 Å². The predicted molar refractivity (Wildman–Crippen MR) is 83.0 cm³/mol. The number of nitrogens with one attached hydrogen (secondary N) is 1. The lowest BCUT2D eigenvalue weighted by Gasteiger charge is -2.12. The second-order valence-electron chi connectivity index (χ2n) is 5.40. The monoisotopic (exact) mass is 285 g/mol. The Morgan fingerprint density at radius 3 is 2.95 bits per heavy atom. The third-order valence-electron chi connectivity index (χ3n) is 3.81. The van der Waals surface area contributed by atoms with Crippen molar-refractivity contribution < 1.29 is 9.13 Å². The molecule has 21 heavy (non-hydrogen) atoms. The first kappa shape index (κ1) is 14.1. The molecule has 0 bridgehead atoms. The van der Waals surface area contributed by atoms with Gasteiger partial charge in [0.1, 0.15) is 11.6 Å². The lowest BCUT2D eigenvalue weighted by atomic mass is 9.97. The van der Waals surface area contributed by atoms with Crippen molar-refractivity contribution in [3.8, 4) is 16.9 Å². The highest BCUT2D eigenvalue weighted by Crippen LogP contribution is 2.32. The highest BCUT2D eigenvalue weighted by atomic mass is 19.1. The van der Waals surface area contributed by atoms with E-state index in [0.717, 1.165) is 48.4 Å². The van der Waals surface area contributed by atoms with Crippen molar-refractivity contribution in [1.29, 1.82) is 0 Å². The molecule has 110 valence electrons. The van der Waals surface area contributed by atoms with Crippen LogP contribution >= 0.6 is 0 Å². The number of hydrogen-bond donors (Lipinski definition) is 1. The molecule has 0 aromatic heterocycles. The minimum absolute atomic E-state index is 0.184. The summed E-state index contributed by atoms with van der Waals surface area (Å²) in [5.41, 5.74) is 4.47. The summed E-state index contributed by atoms with van der Waals surface area (Å²) in [5, 5.41) is 3.35. The first-order chi connectivity index (χ1) is 10.3. The first-order valence-corrected chi connectivity index (χ1v) is 7.53. The van der Waals surface area contributed by atoms with Crippen LogP contribution in [0.2, 0.25) is 0 Å². The van der Waals surface area contributed by atoms with Crippen molar-refractivity contribution in [2.75, 3.05) is 13.2 Å². The van der Waals surface area contributed by atoms with E-state index in [1.807, 2.05) is 12.1 Å². The van der Waals surface area contributed by atoms with E-state index in [1.54, 1.807) is 6.07 Å². The van der Waals surface area contributed by atoms with Gasteiger partial charge in [-0.3, -0.25) is 0 Å². The molecule has 0 spiro atoms. The van der Waals surface area contributed by atoms with Gasteiger partial charge in [0.25, 0.3) is 0 Å². The molecule has 3 rings (SSSR count). The number of fused-ring (bicyclic) bond motifs is 1. The lowest BCUT2D eigenvalue weighted by Crippen LogP contribution is -2.14. The lowest BCUT2D eigenvalue weighted by molar-refractivity contribution is 0.357. The molecule has 2 nitrogen and oxygen atoms in total. The zero-order chi connectivity index (χ0) is 14.7. The van der Waals surface area contributed by atoms with Crippen LogP contribution in [0, 0.1) is 5.82 Å². The summed E-state index contributed by atoms with van der Waals surface area (Å²) < 4.78 is 19.1. The van der Waals surface area contributed by atoms with Gasteiger partial charge in [0, 0.05) is 13.0 Å². The quantitative estimate of drug-likeness (QED) is 0.841. The molecule has 0 saturated heterocycles. The standard InChI is InChI=1S/C18H20FNO/c1-2-8-20-12-15-11-16(19)4-5-17(15)13-3-6-18-14(10-13)7-9-21-18/h3-6,10-11,20H,2,7-9,12H2,1H3. The highest BCUT2D eigenvalue weighted by Gasteiger charge is 2.14. The van der Waals surface area contributed by atoms with Gasteiger partial charge in [-0.15, -0.1) is 0 Å². The number of ether oxygens (including phenoxy) is 1. The Kier molecular flexibility index (Phi) is 4.20. The Balaban J connectivity index is 1.93. The largest absolute Gasteiger partial charge is 0.493 e. The summed E-state index contributed by atoms with van der Waals surface area (Å²) >= 11 is 0. The molecule has 0 fully saturated rings. The van der Waals surface area contributed by atoms with Crippen molar-refractivity contribution >= 4 is 0 Å². The van der Waals surface area contributed by atoms with E-state index in [2.05, 4.69) is 24.4 Å². The zero-order valence-electron chi connectivity index (χ0n) is 12.3. The first-order valence-electron chi connectivity index (χ1n) is 7.53. The van der Waals surface area contributed by atoms with Gasteiger partial charge in [-0.1, -0.05) is 19.1 Å². The summed E-state index contributed by atoms with van der Waals surface area (Å²) in [7, 11) is 0. The molecule has 2 aromatic rings. The highest BCUT2D eigenvalue weighted by molar-refractivity contribution is 5.69. The number of halogens is 1. The van der Waals surface area contributed by atoms with Crippen LogP contribution in [-0.4, -0.2) is 13.2 Å². The Bertz CT molecular complexity index is 639. The van der Waals surface area contributed by atoms with E-state index in [0.29, 0.717) is 6.54 Å². The molecule has 1 aliphatic rings. The van der Waals surface area contributed by atoms with Crippen LogP contribution in [0.3, 0.4) is 0 Å². The fourth-order valence-electron chi connectivity index (χ4n) is 2.74. The number of hydrogen-bond acceptors (Lipinski definition) is 2. The summed E-state index contributed by atoms with van der Waals surface area (Å²) in [6, 6.07) is 11.3. The van der Waals surface area contributed by atoms with Gasteiger partial charge >= 0.3 is 0 Å². The van der Waals surface area contributed by atoms with E-state index in [4.69, 9.17) is 4.74 Å². The molecule has 0 radical (unpaired) electrons. The average Bonchev–Trinajstić information content (AvgIpc) is 2.95. The van der Waals surface area contributed by atoms with Crippen molar-refractivity contribution in [3.63, 3.8) is 0 Å². The molecule has 0 aliphatic carbocycles. The van der Waals surface area contributed by atoms with Gasteiger partial charge in [0.05, 0.1) is 6.61 Å². The SMILES string of the molecule is CCCNCc1cc(F)ccc1-c1ccc2c(c1)CCO2. The van der Waals surface area contributed by atoms with Crippen LogP contribution in [0.15, 0.2) is 36.4 Å². The van der Waals surface area contributed by atoms with Gasteiger partial charge in [0.2, 0.25) is 0 Å². The second-order valence-corrected chi connectivity index (χ2v) is 5.40. The maximum atomic E-state index is 13.5. The molecule has 1 N–H and O–H groups in total. The molecule has 1 heterocycles. The molecular formula is C18H20FNO. The van der Waals surface area contributed by atoms with Crippen LogP contribution in [0.5, 0.6) is 5.75 Å². The normalized spacial score (nSPS) is 13.0. The summed E-state index contributed by atoms with van der Waals surface area (Å²) in [6.45, 7) is 4.51. The minimum Gasteiger partial charge on any atom is -0.493 e. The molecule has 1 aliphatic heterocycles. The van der Waals surface area contributed by atoms with Gasteiger partial charge in [-0.2, -0.15) is 0 Å². The van der Waals surface area contributed by atoms with Gasteiger partial charge < -0.3 is 10.1 Å². The maximum Gasteiger partial charge on any atom is 0.123 e. The van der Waals surface area contributed by atoms with Crippen molar-refractivity contribution in [2.24, 2.45) is 0 Å². The maximum absolute atomic E-state index is 13.5. The summed E-state index contributed by atoms with van der Waals surface area (Å²) in [5.74, 6) is 0.795. The van der Waals surface area contributed by atoms with E-state index >= 15 is 0 Å². The van der Waals surface area contributed by atoms with Gasteiger partial charge in [0.15, 0.2) is 0 Å². The van der Waals surface area contributed by atoms with Crippen LogP contribution in [0.1, 0.15) is 24.5 Å². The smallest absolute Gasteiger partial charge is 0.123 e. The van der Waals surface area contributed by atoms with Crippen LogP contribution in [0.4, 0.5) is 4.39 Å². The molecular weight excluding hydrogens is 265 g/mol. The van der Waals surface area contributed by atoms with Crippen molar-refractivity contribution in [3.05, 3.63) is 53.3 Å². The van der Waals surface area contributed by atoms with E-state index in [-0.39, 0.29) is 5.82 Å². The minimum atomic E-state index is -0.184. The Labute approximate surface area is 125 Å². The van der Waals surface area contributed by atoms with Gasteiger partial charge in [-0.25, -0.2) is 4.39 Å².